The van der Waals surface area contributed by atoms with Gasteiger partial charge in [0, 0.05) is 17.1 Å². The second-order valence-electron chi connectivity index (χ2n) is 10.3. The number of aryl methyl sites for hydroxylation is 1. The summed E-state index contributed by atoms with van der Waals surface area (Å²) in [6.45, 7) is 7.51. The summed E-state index contributed by atoms with van der Waals surface area (Å²) in [7, 11) is -3.43. The lowest BCUT2D eigenvalue weighted by atomic mass is 10.1. The summed E-state index contributed by atoms with van der Waals surface area (Å²) in [5.74, 6) is 0.622. The van der Waals surface area contributed by atoms with E-state index in [0.29, 0.717) is 29.8 Å². The minimum absolute atomic E-state index is 0.0596. The topological polar surface area (TPSA) is 134 Å². The average Bonchev–Trinajstić information content (AvgIpc) is 3.62. The molecule has 1 amide bonds. The Balaban J connectivity index is 1.42. The first-order valence-electron chi connectivity index (χ1n) is 12.3. The van der Waals surface area contributed by atoms with Gasteiger partial charge in [-0.2, -0.15) is 5.10 Å². The highest BCUT2D eigenvalue weighted by molar-refractivity contribution is 7.93. The molecule has 0 aliphatic heterocycles. The van der Waals surface area contributed by atoms with Crippen LogP contribution < -0.4 is 9.46 Å². The van der Waals surface area contributed by atoms with Crippen LogP contribution in [0.5, 0.6) is 5.75 Å². The Hall–Kier alpha value is -3.31. The molecule has 1 fully saturated rings. The van der Waals surface area contributed by atoms with E-state index in [4.69, 9.17) is 9.47 Å². The summed E-state index contributed by atoms with van der Waals surface area (Å²) in [6.07, 6.45) is -0.345. The molecular formula is C26H34N4O6S. The Morgan fingerprint density at radius 1 is 1.24 bits per heavy atom. The molecule has 200 valence electrons. The molecule has 0 bridgehead atoms. The first-order chi connectivity index (χ1) is 17.4. The van der Waals surface area contributed by atoms with Crippen molar-refractivity contribution in [2.75, 3.05) is 24.4 Å². The summed E-state index contributed by atoms with van der Waals surface area (Å²) < 4.78 is 38.6. The number of benzene rings is 2. The van der Waals surface area contributed by atoms with Gasteiger partial charge in [0.25, 0.3) is 0 Å². The lowest BCUT2D eigenvalue weighted by Gasteiger charge is -2.29. The lowest BCUT2D eigenvalue weighted by Crippen LogP contribution is -2.41. The summed E-state index contributed by atoms with van der Waals surface area (Å²) in [5.41, 5.74) is 1.89. The number of carbonyl (C=O) groups is 1. The number of aromatic nitrogens is 2. The number of amides is 1. The fourth-order valence-corrected chi connectivity index (χ4v) is 5.21. The van der Waals surface area contributed by atoms with Gasteiger partial charge < -0.3 is 19.5 Å². The number of hydrogen-bond acceptors (Lipinski definition) is 7. The van der Waals surface area contributed by atoms with Gasteiger partial charge >= 0.3 is 6.09 Å². The number of rotatable bonds is 10. The average molecular weight is 531 g/mol. The zero-order valence-electron chi connectivity index (χ0n) is 21.5. The molecule has 1 heterocycles. The van der Waals surface area contributed by atoms with E-state index < -0.39 is 27.8 Å². The molecule has 1 aromatic heterocycles. The molecule has 4 rings (SSSR count). The first-order valence-corrected chi connectivity index (χ1v) is 13.8. The van der Waals surface area contributed by atoms with Gasteiger partial charge in [-0.05, 0) is 70.4 Å². The monoisotopic (exact) mass is 530 g/mol. The number of nitrogens with zero attached hydrogens (tertiary/aromatic N) is 2. The third kappa shape index (κ3) is 7.14. The SMILES string of the molecule is Cc1n[nH]c2cc(OCCN(CC(O)c3cccc(NS(=O)(=O)C4CC4)c3)C(=O)OC(C)(C)C)ccc12. The van der Waals surface area contributed by atoms with Gasteiger partial charge in [0.05, 0.1) is 35.7 Å². The first kappa shape index (κ1) is 26.7. The molecule has 1 unspecified atom stereocenters. The number of ether oxygens (including phenoxy) is 2. The second-order valence-corrected chi connectivity index (χ2v) is 12.2. The van der Waals surface area contributed by atoms with Gasteiger partial charge in [-0.3, -0.25) is 9.82 Å². The van der Waals surface area contributed by atoms with Crippen LogP contribution in [0.15, 0.2) is 42.5 Å². The number of H-pyrrole nitrogens is 1. The van der Waals surface area contributed by atoms with Crippen LogP contribution in [0.2, 0.25) is 0 Å². The van der Waals surface area contributed by atoms with Gasteiger partial charge in [-0.15, -0.1) is 0 Å². The number of hydrogen-bond donors (Lipinski definition) is 3. The van der Waals surface area contributed by atoms with Gasteiger partial charge in [-0.1, -0.05) is 12.1 Å². The summed E-state index contributed by atoms with van der Waals surface area (Å²) >= 11 is 0. The van der Waals surface area contributed by atoms with E-state index in [1.54, 1.807) is 45.0 Å². The van der Waals surface area contributed by atoms with E-state index in [9.17, 15) is 18.3 Å². The quantitative estimate of drug-likeness (QED) is 0.359. The highest BCUT2D eigenvalue weighted by Crippen LogP contribution is 2.30. The molecule has 0 saturated heterocycles. The number of sulfonamides is 1. The van der Waals surface area contributed by atoms with Crippen molar-refractivity contribution in [3.05, 3.63) is 53.7 Å². The molecule has 1 atom stereocenters. The molecule has 3 N–H and O–H groups in total. The smallest absolute Gasteiger partial charge is 0.410 e. The third-order valence-corrected chi connectivity index (χ3v) is 7.76. The normalized spacial score (nSPS) is 14.8. The van der Waals surface area contributed by atoms with E-state index in [-0.39, 0.29) is 24.9 Å². The van der Waals surface area contributed by atoms with Crippen molar-refractivity contribution < 1.29 is 27.8 Å². The van der Waals surface area contributed by atoms with Crippen molar-refractivity contribution >= 4 is 32.7 Å². The molecular weight excluding hydrogens is 496 g/mol. The maximum Gasteiger partial charge on any atom is 0.410 e. The van der Waals surface area contributed by atoms with E-state index in [1.165, 1.54) is 4.90 Å². The van der Waals surface area contributed by atoms with Crippen LogP contribution in [0, 0.1) is 6.92 Å². The number of anilines is 1. The summed E-state index contributed by atoms with van der Waals surface area (Å²) in [6, 6.07) is 12.2. The number of nitrogens with one attached hydrogen (secondary N) is 2. The van der Waals surface area contributed by atoms with Gasteiger partial charge in [0.1, 0.15) is 18.0 Å². The zero-order valence-corrected chi connectivity index (χ0v) is 22.3. The Morgan fingerprint density at radius 3 is 2.70 bits per heavy atom. The number of aromatic amines is 1. The minimum Gasteiger partial charge on any atom is -0.492 e. The van der Waals surface area contributed by atoms with Crippen LogP contribution >= 0.6 is 0 Å². The number of carbonyl (C=O) groups excluding carboxylic acids is 1. The molecule has 3 aromatic rings. The maximum absolute atomic E-state index is 12.9. The third-order valence-electron chi connectivity index (χ3n) is 5.89. The van der Waals surface area contributed by atoms with Crippen LogP contribution in [0.4, 0.5) is 10.5 Å². The second kappa shape index (κ2) is 10.6. The Labute approximate surface area is 217 Å². The van der Waals surface area contributed by atoms with Crippen LogP contribution in [0.1, 0.15) is 51.0 Å². The number of aliphatic hydroxyl groups excluding tert-OH is 1. The fraction of sp³-hybridized carbons (Fsp3) is 0.462. The molecule has 1 aliphatic carbocycles. The molecule has 10 nitrogen and oxygen atoms in total. The Bertz CT molecular complexity index is 1360. The molecule has 0 spiro atoms. The molecule has 37 heavy (non-hydrogen) atoms. The van der Waals surface area contributed by atoms with Crippen molar-refractivity contribution in [3.8, 4) is 5.75 Å². The van der Waals surface area contributed by atoms with Crippen LogP contribution in [-0.4, -0.2) is 65.3 Å². The van der Waals surface area contributed by atoms with Crippen LogP contribution in [0.25, 0.3) is 10.9 Å². The largest absolute Gasteiger partial charge is 0.492 e. The number of aliphatic hydroxyl groups is 1. The van der Waals surface area contributed by atoms with Gasteiger partial charge in [0.2, 0.25) is 10.0 Å². The van der Waals surface area contributed by atoms with Crippen molar-refractivity contribution in [2.45, 2.75) is 57.5 Å². The summed E-state index contributed by atoms with van der Waals surface area (Å²) in [4.78, 5) is 14.3. The molecule has 2 aromatic carbocycles. The molecule has 1 aliphatic rings. The van der Waals surface area contributed by atoms with Crippen LogP contribution in [-0.2, 0) is 14.8 Å². The highest BCUT2D eigenvalue weighted by Gasteiger charge is 2.35. The summed E-state index contributed by atoms with van der Waals surface area (Å²) in [5, 5.41) is 18.7. The van der Waals surface area contributed by atoms with E-state index in [1.807, 2.05) is 25.1 Å². The van der Waals surface area contributed by atoms with Gasteiger partial charge in [-0.25, -0.2) is 13.2 Å². The molecule has 0 radical (unpaired) electrons. The predicted octanol–water partition coefficient (Wildman–Crippen LogP) is 4.12. The fourth-order valence-electron chi connectivity index (χ4n) is 3.83. The van der Waals surface area contributed by atoms with Crippen LogP contribution in [0.3, 0.4) is 0 Å². The highest BCUT2D eigenvalue weighted by atomic mass is 32.2. The van der Waals surface area contributed by atoms with Crippen molar-refractivity contribution in [1.29, 1.82) is 0 Å². The van der Waals surface area contributed by atoms with Crippen molar-refractivity contribution in [3.63, 3.8) is 0 Å². The van der Waals surface area contributed by atoms with E-state index in [2.05, 4.69) is 14.9 Å². The van der Waals surface area contributed by atoms with Crippen molar-refractivity contribution in [2.24, 2.45) is 0 Å². The lowest BCUT2D eigenvalue weighted by molar-refractivity contribution is 0.0117. The molecule has 11 heteroatoms. The number of fused-ring (bicyclic) bond motifs is 1. The van der Waals surface area contributed by atoms with E-state index in [0.717, 1.165) is 16.6 Å². The van der Waals surface area contributed by atoms with Gasteiger partial charge in [0.15, 0.2) is 0 Å². The molecule has 1 saturated carbocycles. The standard InChI is InChI=1S/C26H34N4O6S/c1-17-22-11-8-20(15-23(22)28-27-17)35-13-12-30(25(32)36-26(2,3)4)16-24(31)18-6-5-7-19(14-18)29-37(33,34)21-9-10-21/h5-8,11,14-15,21,24,29,31H,9-10,12-13,16H2,1-4H3,(H,27,28). The Kier molecular flexibility index (Phi) is 7.65. The predicted molar refractivity (Wildman–Crippen MR) is 141 cm³/mol. The Morgan fingerprint density at radius 2 is 2.00 bits per heavy atom. The van der Waals surface area contributed by atoms with E-state index >= 15 is 0 Å². The zero-order chi connectivity index (χ0) is 26.8. The minimum atomic E-state index is -3.43. The maximum atomic E-state index is 12.9. The van der Waals surface area contributed by atoms with Crippen molar-refractivity contribution in [1.82, 2.24) is 15.1 Å².